The minimum Gasteiger partial charge on any atom is -0.474 e. The molecule has 0 aliphatic carbocycles. The molecule has 0 bridgehead atoms. The Hall–Kier alpha value is -1.92. The third-order valence-electron chi connectivity index (χ3n) is 1.26. The standard InChI is InChI=1S/C7H11N5O2/c1-3-14-6(5(2)13)10-12-7-8-4-9-11-7/h4H,3H2,1-2H3,(H2,8,9,11,12)/b10-6-. The summed E-state index contributed by atoms with van der Waals surface area (Å²) < 4.78 is 4.98. The second-order valence-corrected chi connectivity index (χ2v) is 2.35. The van der Waals surface area contributed by atoms with Gasteiger partial charge in [-0.25, -0.2) is 10.5 Å². The number of carbonyl (C=O) groups excluding carboxylic acids is 1. The number of ketones is 1. The maximum atomic E-state index is 11.0. The van der Waals surface area contributed by atoms with E-state index in [4.69, 9.17) is 4.74 Å². The van der Waals surface area contributed by atoms with E-state index in [1.165, 1.54) is 13.3 Å². The fourth-order valence-electron chi connectivity index (χ4n) is 0.712. The van der Waals surface area contributed by atoms with Crippen molar-refractivity contribution in [3.05, 3.63) is 6.33 Å². The Morgan fingerprint density at radius 1 is 1.79 bits per heavy atom. The molecule has 0 spiro atoms. The number of rotatable bonds is 4. The third-order valence-corrected chi connectivity index (χ3v) is 1.26. The van der Waals surface area contributed by atoms with E-state index in [0.717, 1.165) is 0 Å². The number of aromatic amines is 1. The van der Waals surface area contributed by atoms with E-state index in [0.29, 0.717) is 12.6 Å². The van der Waals surface area contributed by atoms with E-state index < -0.39 is 0 Å². The van der Waals surface area contributed by atoms with Gasteiger partial charge in [-0.3, -0.25) is 4.79 Å². The predicted molar refractivity (Wildman–Crippen MR) is 49.7 cm³/mol. The number of ether oxygens (including phenoxy) is 1. The highest BCUT2D eigenvalue weighted by Crippen LogP contribution is 1.93. The van der Waals surface area contributed by atoms with Crippen LogP contribution in [-0.2, 0) is 9.53 Å². The molecule has 2 N–H and O–H groups in total. The number of Topliss-reactive ketones (excluding diaryl/α,β-unsaturated/α-hetero) is 1. The molecular formula is C7H11N5O2. The Labute approximate surface area is 80.6 Å². The first-order chi connectivity index (χ1) is 6.74. The monoisotopic (exact) mass is 197 g/mol. The number of carbonyl (C=O) groups is 1. The fraction of sp³-hybridized carbons (Fsp3) is 0.429. The molecule has 7 heteroatoms. The molecule has 0 unspecified atom stereocenters. The van der Waals surface area contributed by atoms with Gasteiger partial charge in [-0.15, -0.1) is 5.10 Å². The van der Waals surface area contributed by atoms with Crippen LogP contribution in [0.1, 0.15) is 13.8 Å². The largest absolute Gasteiger partial charge is 0.474 e. The number of nitrogens with one attached hydrogen (secondary N) is 2. The van der Waals surface area contributed by atoms with Gasteiger partial charge in [-0.05, 0) is 6.92 Å². The Kier molecular flexibility index (Phi) is 3.59. The van der Waals surface area contributed by atoms with Crippen molar-refractivity contribution in [1.82, 2.24) is 15.2 Å². The Balaban J connectivity index is 2.59. The number of anilines is 1. The zero-order chi connectivity index (χ0) is 10.4. The lowest BCUT2D eigenvalue weighted by molar-refractivity contribution is -0.112. The molecule has 1 aromatic heterocycles. The van der Waals surface area contributed by atoms with E-state index in [-0.39, 0.29) is 11.7 Å². The summed E-state index contributed by atoms with van der Waals surface area (Å²) in [6, 6.07) is 0. The first-order valence-electron chi connectivity index (χ1n) is 4.06. The van der Waals surface area contributed by atoms with Crippen LogP contribution in [0.5, 0.6) is 0 Å². The maximum Gasteiger partial charge on any atom is 0.274 e. The van der Waals surface area contributed by atoms with Crippen molar-refractivity contribution in [3.8, 4) is 0 Å². The van der Waals surface area contributed by atoms with Crippen LogP contribution in [0.15, 0.2) is 11.4 Å². The van der Waals surface area contributed by atoms with Gasteiger partial charge >= 0.3 is 0 Å². The first kappa shape index (κ1) is 10.2. The molecule has 1 rings (SSSR count). The van der Waals surface area contributed by atoms with Crippen LogP contribution in [0.3, 0.4) is 0 Å². The van der Waals surface area contributed by atoms with Gasteiger partial charge in [0, 0.05) is 6.92 Å². The molecule has 1 heterocycles. The fourth-order valence-corrected chi connectivity index (χ4v) is 0.712. The quantitative estimate of drug-likeness (QED) is 0.407. The van der Waals surface area contributed by atoms with Gasteiger partial charge in [0.15, 0.2) is 0 Å². The van der Waals surface area contributed by atoms with E-state index in [9.17, 15) is 4.79 Å². The van der Waals surface area contributed by atoms with Crippen molar-refractivity contribution in [2.75, 3.05) is 12.0 Å². The summed E-state index contributed by atoms with van der Waals surface area (Å²) in [4.78, 5) is 14.7. The number of hydrogen-bond acceptors (Lipinski definition) is 6. The second kappa shape index (κ2) is 4.95. The zero-order valence-corrected chi connectivity index (χ0v) is 7.94. The van der Waals surface area contributed by atoms with Crippen LogP contribution in [0.4, 0.5) is 5.95 Å². The smallest absolute Gasteiger partial charge is 0.274 e. The molecule has 0 fully saturated rings. The van der Waals surface area contributed by atoms with Crippen LogP contribution >= 0.6 is 0 Å². The molecule has 1 aromatic rings. The lowest BCUT2D eigenvalue weighted by atomic mass is 10.4. The highest BCUT2D eigenvalue weighted by atomic mass is 16.5. The van der Waals surface area contributed by atoms with Gasteiger partial charge in [0.05, 0.1) is 6.61 Å². The van der Waals surface area contributed by atoms with Gasteiger partial charge in [0.1, 0.15) is 6.33 Å². The van der Waals surface area contributed by atoms with E-state index >= 15 is 0 Å². The second-order valence-electron chi connectivity index (χ2n) is 2.35. The van der Waals surface area contributed by atoms with E-state index in [1.807, 2.05) is 0 Å². The van der Waals surface area contributed by atoms with Crippen LogP contribution in [0.25, 0.3) is 0 Å². The molecule has 76 valence electrons. The molecule has 0 saturated heterocycles. The third kappa shape index (κ3) is 2.85. The SMILES string of the molecule is CCO/C(=N\Nc1ncn[nH]1)C(C)=O. The van der Waals surface area contributed by atoms with Gasteiger partial charge in [0.25, 0.3) is 5.90 Å². The summed E-state index contributed by atoms with van der Waals surface area (Å²) in [6.45, 7) is 3.53. The summed E-state index contributed by atoms with van der Waals surface area (Å²) in [5.74, 6) is 0.117. The predicted octanol–water partition coefficient (Wildman–Crippen LogP) is 0.156. The minimum absolute atomic E-state index is 0.0175. The molecule has 14 heavy (non-hydrogen) atoms. The Morgan fingerprint density at radius 2 is 2.57 bits per heavy atom. The highest BCUT2D eigenvalue weighted by molar-refractivity contribution is 6.35. The molecule has 0 radical (unpaired) electrons. The van der Waals surface area contributed by atoms with Crippen LogP contribution in [-0.4, -0.2) is 33.5 Å². The van der Waals surface area contributed by atoms with Crippen molar-refractivity contribution in [2.45, 2.75) is 13.8 Å². The Morgan fingerprint density at radius 3 is 3.07 bits per heavy atom. The zero-order valence-electron chi connectivity index (χ0n) is 7.94. The van der Waals surface area contributed by atoms with Crippen molar-refractivity contribution < 1.29 is 9.53 Å². The maximum absolute atomic E-state index is 11.0. The van der Waals surface area contributed by atoms with Gasteiger partial charge in [-0.1, -0.05) is 0 Å². The van der Waals surface area contributed by atoms with Crippen molar-refractivity contribution >= 4 is 17.6 Å². The van der Waals surface area contributed by atoms with Crippen molar-refractivity contribution in [3.63, 3.8) is 0 Å². The normalized spacial score (nSPS) is 11.1. The van der Waals surface area contributed by atoms with E-state index in [2.05, 4.69) is 25.7 Å². The number of hydrogen-bond donors (Lipinski definition) is 2. The van der Waals surface area contributed by atoms with Gasteiger partial charge < -0.3 is 4.74 Å². The molecule has 0 aliphatic rings. The summed E-state index contributed by atoms with van der Waals surface area (Å²) >= 11 is 0. The molecule has 0 saturated carbocycles. The lowest BCUT2D eigenvalue weighted by Crippen LogP contribution is -2.16. The summed E-state index contributed by atoms with van der Waals surface area (Å²) in [5, 5.41) is 9.84. The average Bonchev–Trinajstić information content (AvgIpc) is 2.64. The molecule has 0 amide bonds. The van der Waals surface area contributed by atoms with Crippen molar-refractivity contribution in [2.24, 2.45) is 5.10 Å². The first-order valence-corrected chi connectivity index (χ1v) is 4.06. The molecule has 0 aliphatic heterocycles. The Bertz CT molecular complexity index is 319. The number of H-pyrrole nitrogens is 1. The van der Waals surface area contributed by atoms with Crippen LogP contribution in [0, 0.1) is 0 Å². The number of hydrazone groups is 1. The summed E-state index contributed by atoms with van der Waals surface area (Å²) in [5.41, 5.74) is 2.50. The van der Waals surface area contributed by atoms with Gasteiger partial charge in [-0.2, -0.15) is 10.1 Å². The van der Waals surface area contributed by atoms with Crippen LogP contribution in [0.2, 0.25) is 0 Å². The lowest BCUT2D eigenvalue weighted by Gasteiger charge is -2.02. The van der Waals surface area contributed by atoms with Gasteiger partial charge in [0.2, 0.25) is 11.7 Å². The topological polar surface area (TPSA) is 92.3 Å². The van der Waals surface area contributed by atoms with Crippen LogP contribution < -0.4 is 5.43 Å². The summed E-state index contributed by atoms with van der Waals surface area (Å²) in [7, 11) is 0. The van der Waals surface area contributed by atoms with E-state index in [1.54, 1.807) is 6.92 Å². The highest BCUT2D eigenvalue weighted by Gasteiger charge is 2.06. The minimum atomic E-state index is -0.251. The summed E-state index contributed by atoms with van der Waals surface area (Å²) in [6.07, 6.45) is 1.33. The molecule has 0 atom stereocenters. The average molecular weight is 197 g/mol. The number of aromatic nitrogens is 3. The molecule has 7 nitrogen and oxygen atoms in total. The molecular weight excluding hydrogens is 186 g/mol. The van der Waals surface area contributed by atoms with Crippen molar-refractivity contribution in [1.29, 1.82) is 0 Å². The number of nitrogens with zero attached hydrogens (tertiary/aromatic N) is 3. The molecule has 0 aromatic carbocycles.